The number of carbonyl (C=O) groups is 3. The number of carbonyl (C=O) groups excluding carboxylic acids is 3. The van der Waals surface area contributed by atoms with Gasteiger partial charge < -0.3 is 16.0 Å². The minimum Gasteiger partial charge on any atom is -0.347 e. The van der Waals surface area contributed by atoms with Gasteiger partial charge in [-0.3, -0.25) is 14.4 Å². The Labute approximate surface area is 124 Å². The lowest BCUT2D eigenvalue weighted by atomic mass is 9.96. The number of anilines is 2. The van der Waals surface area contributed by atoms with Crippen LogP contribution in [0.25, 0.3) is 0 Å². The third-order valence-corrected chi connectivity index (χ3v) is 2.56. The summed E-state index contributed by atoms with van der Waals surface area (Å²) in [6.45, 7) is 6.64. The van der Waals surface area contributed by atoms with Gasteiger partial charge in [-0.2, -0.15) is 0 Å². The van der Waals surface area contributed by atoms with Crippen LogP contribution in [0, 0.1) is 5.41 Å². The summed E-state index contributed by atoms with van der Waals surface area (Å²) in [6.07, 6.45) is 0. The minimum absolute atomic E-state index is 0.0968. The monoisotopic (exact) mass is 291 g/mol. The van der Waals surface area contributed by atoms with Crippen molar-refractivity contribution in [2.45, 2.75) is 27.7 Å². The highest BCUT2D eigenvalue weighted by atomic mass is 16.2. The summed E-state index contributed by atoms with van der Waals surface area (Å²) in [5, 5.41) is 7.85. The highest BCUT2D eigenvalue weighted by Crippen LogP contribution is 2.15. The van der Waals surface area contributed by atoms with E-state index in [0.717, 1.165) is 0 Å². The molecule has 6 heteroatoms. The Balaban J connectivity index is 2.55. The number of nitrogens with one attached hydrogen (secondary N) is 3. The molecule has 0 fully saturated rings. The first-order valence-corrected chi connectivity index (χ1v) is 6.64. The second-order valence-electron chi connectivity index (χ2n) is 5.74. The Kier molecular flexibility index (Phi) is 5.46. The summed E-state index contributed by atoms with van der Waals surface area (Å²) in [5.74, 6) is -0.701. The van der Waals surface area contributed by atoms with Crippen LogP contribution < -0.4 is 16.0 Å². The fraction of sp³-hybridized carbons (Fsp3) is 0.400. The fourth-order valence-corrected chi connectivity index (χ4v) is 1.51. The van der Waals surface area contributed by atoms with Crippen LogP contribution >= 0.6 is 0 Å². The Bertz CT molecular complexity index is 547. The van der Waals surface area contributed by atoms with Crippen molar-refractivity contribution in [2.75, 3.05) is 17.2 Å². The van der Waals surface area contributed by atoms with Gasteiger partial charge in [0, 0.05) is 23.7 Å². The summed E-state index contributed by atoms with van der Waals surface area (Å²) in [5.41, 5.74) is 0.612. The number of hydrogen-bond acceptors (Lipinski definition) is 3. The van der Waals surface area contributed by atoms with Gasteiger partial charge >= 0.3 is 0 Å². The summed E-state index contributed by atoms with van der Waals surface area (Å²) in [4.78, 5) is 34.4. The first-order valence-electron chi connectivity index (χ1n) is 6.64. The van der Waals surface area contributed by atoms with Gasteiger partial charge in [0.25, 0.3) is 0 Å². The predicted octanol–water partition coefficient (Wildman–Crippen LogP) is 1.75. The zero-order valence-corrected chi connectivity index (χ0v) is 12.7. The number of rotatable bonds is 4. The van der Waals surface area contributed by atoms with Crippen molar-refractivity contribution >= 4 is 29.1 Å². The van der Waals surface area contributed by atoms with E-state index in [0.29, 0.717) is 11.4 Å². The maximum absolute atomic E-state index is 11.8. The van der Waals surface area contributed by atoms with Crippen LogP contribution in [-0.2, 0) is 14.4 Å². The molecule has 0 aromatic heterocycles. The molecule has 1 rings (SSSR count). The second-order valence-corrected chi connectivity index (χ2v) is 5.74. The van der Waals surface area contributed by atoms with Gasteiger partial charge in [0.2, 0.25) is 17.7 Å². The Morgan fingerprint density at radius 1 is 1.05 bits per heavy atom. The zero-order chi connectivity index (χ0) is 16.0. The molecule has 0 saturated heterocycles. The van der Waals surface area contributed by atoms with Crippen molar-refractivity contribution in [2.24, 2.45) is 5.41 Å². The predicted molar refractivity (Wildman–Crippen MR) is 81.8 cm³/mol. The molecule has 0 bridgehead atoms. The van der Waals surface area contributed by atoms with Crippen molar-refractivity contribution in [3.63, 3.8) is 0 Å². The van der Waals surface area contributed by atoms with Crippen molar-refractivity contribution in [3.8, 4) is 0 Å². The molecule has 0 aliphatic carbocycles. The molecule has 1 aromatic rings. The van der Waals surface area contributed by atoms with Crippen LogP contribution in [0.5, 0.6) is 0 Å². The molecule has 6 nitrogen and oxygen atoms in total. The lowest BCUT2D eigenvalue weighted by Gasteiger charge is -2.17. The van der Waals surface area contributed by atoms with E-state index in [-0.39, 0.29) is 24.3 Å². The molecule has 21 heavy (non-hydrogen) atoms. The number of hydrogen-bond donors (Lipinski definition) is 3. The van der Waals surface area contributed by atoms with E-state index in [4.69, 9.17) is 0 Å². The van der Waals surface area contributed by atoms with Gasteiger partial charge in [-0.05, 0) is 18.2 Å². The molecule has 0 aliphatic rings. The first-order chi connectivity index (χ1) is 9.68. The SMILES string of the molecule is CC(=O)Nc1cccc(NC(=O)CNC(=O)C(C)(C)C)c1. The molecule has 114 valence electrons. The molecule has 0 spiro atoms. The minimum atomic E-state index is -0.536. The van der Waals surface area contributed by atoms with Crippen LogP contribution in [0.1, 0.15) is 27.7 Å². The quantitative estimate of drug-likeness (QED) is 0.789. The summed E-state index contributed by atoms with van der Waals surface area (Å²) < 4.78 is 0. The van der Waals surface area contributed by atoms with E-state index in [1.54, 1.807) is 45.0 Å². The van der Waals surface area contributed by atoms with Crippen molar-refractivity contribution in [1.82, 2.24) is 5.32 Å². The molecule has 0 radical (unpaired) electrons. The van der Waals surface area contributed by atoms with Gasteiger partial charge in [0.15, 0.2) is 0 Å². The van der Waals surface area contributed by atoms with Crippen LogP contribution in [0.4, 0.5) is 11.4 Å². The molecular weight excluding hydrogens is 270 g/mol. The highest BCUT2D eigenvalue weighted by molar-refractivity contribution is 5.96. The van der Waals surface area contributed by atoms with Crippen LogP contribution in [0.15, 0.2) is 24.3 Å². The topological polar surface area (TPSA) is 87.3 Å². The molecule has 3 N–H and O–H groups in total. The van der Waals surface area contributed by atoms with Crippen molar-refractivity contribution in [3.05, 3.63) is 24.3 Å². The third kappa shape index (κ3) is 6.07. The lowest BCUT2D eigenvalue weighted by molar-refractivity contribution is -0.130. The lowest BCUT2D eigenvalue weighted by Crippen LogP contribution is -2.39. The average Bonchev–Trinajstić information content (AvgIpc) is 2.34. The van der Waals surface area contributed by atoms with Crippen LogP contribution in [-0.4, -0.2) is 24.3 Å². The maximum Gasteiger partial charge on any atom is 0.243 e. The Hall–Kier alpha value is -2.37. The first kappa shape index (κ1) is 16.7. The van der Waals surface area contributed by atoms with E-state index in [1.165, 1.54) is 6.92 Å². The molecule has 3 amide bonds. The zero-order valence-electron chi connectivity index (χ0n) is 12.7. The van der Waals surface area contributed by atoms with Crippen molar-refractivity contribution in [1.29, 1.82) is 0 Å². The second kappa shape index (κ2) is 6.88. The summed E-state index contributed by atoms with van der Waals surface area (Å²) >= 11 is 0. The van der Waals surface area contributed by atoms with Gasteiger partial charge in [0.05, 0.1) is 6.54 Å². The fourth-order valence-electron chi connectivity index (χ4n) is 1.51. The summed E-state index contributed by atoms with van der Waals surface area (Å²) in [7, 11) is 0. The maximum atomic E-state index is 11.8. The molecular formula is C15H21N3O3. The molecule has 0 saturated carbocycles. The largest absolute Gasteiger partial charge is 0.347 e. The van der Waals surface area contributed by atoms with E-state index in [1.807, 2.05) is 0 Å². The normalized spacial score (nSPS) is 10.7. The number of benzene rings is 1. The van der Waals surface area contributed by atoms with Gasteiger partial charge in [-0.25, -0.2) is 0 Å². The van der Waals surface area contributed by atoms with Gasteiger partial charge in [0.1, 0.15) is 0 Å². The standard InChI is InChI=1S/C15H21N3O3/c1-10(19)17-11-6-5-7-12(8-11)18-13(20)9-16-14(21)15(2,3)4/h5-8H,9H2,1-4H3,(H,16,21)(H,17,19)(H,18,20). The molecule has 0 atom stereocenters. The van der Waals surface area contributed by atoms with Gasteiger partial charge in [-0.1, -0.05) is 26.8 Å². The highest BCUT2D eigenvalue weighted by Gasteiger charge is 2.21. The smallest absolute Gasteiger partial charge is 0.243 e. The number of amides is 3. The van der Waals surface area contributed by atoms with Crippen molar-refractivity contribution < 1.29 is 14.4 Å². The molecule has 0 unspecified atom stereocenters. The Morgan fingerprint density at radius 2 is 1.62 bits per heavy atom. The van der Waals surface area contributed by atoms with E-state index in [9.17, 15) is 14.4 Å². The van der Waals surface area contributed by atoms with E-state index in [2.05, 4.69) is 16.0 Å². The van der Waals surface area contributed by atoms with E-state index < -0.39 is 5.41 Å². The van der Waals surface area contributed by atoms with Gasteiger partial charge in [-0.15, -0.1) is 0 Å². The summed E-state index contributed by atoms with van der Waals surface area (Å²) in [6, 6.07) is 6.78. The van der Waals surface area contributed by atoms with Crippen LogP contribution in [0.3, 0.4) is 0 Å². The third-order valence-electron chi connectivity index (χ3n) is 2.56. The van der Waals surface area contributed by atoms with E-state index >= 15 is 0 Å². The average molecular weight is 291 g/mol. The van der Waals surface area contributed by atoms with Crippen LogP contribution in [0.2, 0.25) is 0 Å². The molecule has 0 heterocycles. The molecule has 1 aromatic carbocycles. The Morgan fingerprint density at radius 3 is 2.14 bits per heavy atom. The molecule has 0 aliphatic heterocycles.